The summed E-state index contributed by atoms with van der Waals surface area (Å²) in [5.74, 6) is 2.67. The molecule has 2 heteroatoms. The van der Waals surface area contributed by atoms with Gasteiger partial charge in [-0.3, -0.25) is 0 Å². The summed E-state index contributed by atoms with van der Waals surface area (Å²) < 4.78 is 5.47. The summed E-state index contributed by atoms with van der Waals surface area (Å²) in [6.07, 6.45) is 8.67. The maximum Gasteiger partial charge on any atom is 0.0561 e. The SMILES string of the molecule is C#CCC(C)NC1CCOC(C)C1. The Morgan fingerprint density at radius 2 is 2.46 bits per heavy atom. The number of hydrogen-bond acceptors (Lipinski definition) is 2. The Bertz CT molecular complexity index is 185. The second kappa shape index (κ2) is 5.26. The zero-order valence-electron chi connectivity index (χ0n) is 8.55. The zero-order chi connectivity index (χ0) is 9.68. The summed E-state index contributed by atoms with van der Waals surface area (Å²) in [7, 11) is 0. The number of nitrogens with one attached hydrogen (secondary N) is 1. The topological polar surface area (TPSA) is 21.3 Å². The van der Waals surface area contributed by atoms with Gasteiger partial charge in [-0.05, 0) is 26.7 Å². The van der Waals surface area contributed by atoms with Crippen molar-refractivity contribution in [3.63, 3.8) is 0 Å². The minimum Gasteiger partial charge on any atom is -0.378 e. The van der Waals surface area contributed by atoms with Crippen molar-refractivity contribution in [3.05, 3.63) is 0 Å². The quantitative estimate of drug-likeness (QED) is 0.667. The van der Waals surface area contributed by atoms with E-state index in [9.17, 15) is 0 Å². The van der Waals surface area contributed by atoms with E-state index in [2.05, 4.69) is 25.1 Å². The van der Waals surface area contributed by atoms with Crippen molar-refractivity contribution in [3.8, 4) is 12.3 Å². The minimum absolute atomic E-state index is 0.393. The first-order valence-electron chi connectivity index (χ1n) is 5.03. The van der Waals surface area contributed by atoms with Crippen LogP contribution in [0.4, 0.5) is 0 Å². The van der Waals surface area contributed by atoms with Gasteiger partial charge in [-0.2, -0.15) is 0 Å². The first-order valence-corrected chi connectivity index (χ1v) is 5.03. The fourth-order valence-corrected chi connectivity index (χ4v) is 1.79. The molecule has 0 amide bonds. The van der Waals surface area contributed by atoms with Crippen LogP contribution in [-0.4, -0.2) is 24.8 Å². The molecule has 3 unspecified atom stereocenters. The summed E-state index contributed by atoms with van der Waals surface area (Å²) in [6.45, 7) is 5.14. The third-order valence-corrected chi connectivity index (χ3v) is 2.43. The van der Waals surface area contributed by atoms with Crippen molar-refractivity contribution in [2.24, 2.45) is 0 Å². The Morgan fingerprint density at radius 3 is 3.08 bits per heavy atom. The first-order chi connectivity index (χ1) is 6.22. The molecule has 0 aromatic rings. The molecule has 1 saturated heterocycles. The van der Waals surface area contributed by atoms with Crippen LogP contribution in [0.15, 0.2) is 0 Å². The fourth-order valence-electron chi connectivity index (χ4n) is 1.79. The fraction of sp³-hybridized carbons (Fsp3) is 0.818. The van der Waals surface area contributed by atoms with Gasteiger partial charge >= 0.3 is 0 Å². The molecule has 1 heterocycles. The van der Waals surface area contributed by atoms with Crippen LogP contribution in [0.2, 0.25) is 0 Å². The molecule has 0 spiro atoms. The van der Waals surface area contributed by atoms with Gasteiger partial charge in [0.1, 0.15) is 0 Å². The van der Waals surface area contributed by atoms with E-state index in [1.54, 1.807) is 0 Å². The third-order valence-electron chi connectivity index (χ3n) is 2.43. The van der Waals surface area contributed by atoms with Crippen molar-refractivity contribution in [2.75, 3.05) is 6.61 Å². The molecule has 0 saturated carbocycles. The Labute approximate surface area is 81.0 Å². The third kappa shape index (κ3) is 3.80. The first kappa shape index (κ1) is 10.6. The van der Waals surface area contributed by atoms with Crippen LogP contribution in [0.5, 0.6) is 0 Å². The van der Waals surface area contributed by atoms with Crippen LogP contribution >= 0.6 is 0 Å². The van der Waals surface area contributed by atoms with Crippen molar-refractivity contribution in [2.45, 2.75) is 51.3 Å². The summed E-state index contributed by atoms with van der Waals surface area (Å²) in [5, 5.41) is 3.53. The van der Waals surface area contributed by atoms with E-state index in [-0.39, 0.29) is 0 Å². The maximum atomic E-state index is 5.47. The van der Waals surface area contributed by atoms with E-state index in [1.807, 2.05) is 0 Å². The molecule has 0 bridgehead atoms. The molecule has 13 heavy (non-hydrogen) atoms. The van der Waals surface area contributed by atoms with Gasteiger partial charge in [-0.15, -0.1) is 12.3 Å². The standard InChI is InChI=1S/C11H19NO/c1-4-5-9(2)12-11-6-7-13-10(3)8-11/h1,9-12H,5-8H2,2-3H3. The van der Waals surface area contributed by atoms with Gasteiger partial charge in [0.05, 0.1) is 6.10 Å². The molecule has 2 nitrogen and oxygen atoms in total. The van der Waals surface area contributed by atoms with Crippen LogP contribution < -0.4 is 5.32 Å². The zero-order valence-corrected chi connectivity index (χ0v) is 8.55. The summed E-state index contributed by atoms with van der Waals surface area (Å²) in [6, 6.07) is 1.02. The number of ether oxygens (including phenoxy) is 1. The lowest BCUT2D eigenvalue weighted by atomic mass is 10.0. The highest BCUT2D eigenvalue weighted by Gasteiger charge is 2.19. The molecule has 1 N–H and O–H groups in total. The van der Waals surface area contributed by atoms with Gasteiger partial charge < -0.3 is 10.1 Å². The van der Waals surface area contributed by atoms with Crippen molar-refractivity contribution < 1.29 is 4.74 Å². The predicted molar refractivity (Wildman–Crippen MR) is 54.5 cm³/mol. The largest absolute Gasteiger partial charge is 0.378 e. The number of rotatable bonds is 3. The van der Waals surface area contributed by atoms with Gasteiger partial charge in [0.15, 0.2) is 0 Å². The summed E-state index contributed by atoms with van der Waals surface area (Å²) in [4.78, 5) is 0. The van der Waals surface area contributed by atoms with Crippen molar-refractivity contribution in [1.29, 1.82) is 0 Å². The monoisotopic (exact) mass is 181 g/mol. The van der Waals surface area contributed by atoms with E-state index < -0.39 is 0 Å². The van der Waals surface area contributed by atoms with Crippen LogP contribution in [0.3, 0.4) is 0 Å². The Kier molecular flexibility index (Phi) is 4.27. The van der Waals surface area contributed by atoms with E-state index in [1.165, 1.54) is 0 Å². The van der Waals surface area contributed by atoms with E-state index in [0.717, 1.165) is 25.9 Å². The predicted octanol–water partition coefficient (Wildman–Crippen LogP) is 1.56. The lowest BCUT2D eigenvalue weighted by Crippen LogP contribution is -2.42. The normalized spacial score (nSPS) is 30.8. The summed E-state index contributed by atoms with van der Waals surface area (Å²) >= 11 is 0. The number of terminal acetylenes is 1. The van der Waals surface area contributed by atoms with Crippen molar-refractivity contribution >= 4 is 0 Å². The highest BCUT2D eigenvalue weighted by atomic mass is 16.5. The van der Waals surface area contributed by atoms with Gasteiger partial charge in [-0.1, -0.05) is 0 Å². The summed E-state index contributed by atoms with van der Waals surface area (Å²) in [5.41, 5.74) is 0. The Balaban J connectivity index is 2.24. The van der Waals surface area contributed by atoms with Crippen LogP contribution in [-0.2, 0) is 4.74 Å². The molecule has 1 fully saturated rings. The van der Waals surface area contributed by atoms with Crippen molar-refractivity contribution in [1.82, 2.24) is 5.32 Å². The van der Waals surface area contributed by atoms with E-state index in [0.29, 0.717) is 18.2 Å². The molecular weight excluding hydrogens is 162 g/mol. The smallest absolute Gasteiger partial charge is 0.0561 e. The molecule has 0 aromatic heterocycles. The van der Waals surface area contributed by atoms with E-state index >= 15 is 0 Å². The van der Waals surface area contributed by atoms with Crippen LogP contribution in [0.1, 0.15) is 33.1 Å². The lowest BCUT2D eigenvalue weighted by molar-refractivity contribution is 0.0117. The molecule has 1 aliphatic rings. The Hall–Kier alpha value is -0.520. The Morgan fingerprint density at radius 1 is 1.69 bits per heavy atom. The molecule has 1 aliphatic heterocycles. The maximum absolute atomic E-state index is 5.47. The van der Waals surface area contributed by atoms with Gasteiger partial charge in [-0.25, -0.2) is 0 Å². The second-order valence-electron chi connectivity index (χ2n) is 3.88. The van der Waals surface area contributed by atoms with Gasteiger partial charge in [0.2, 0.25) is 0 Å². The minimum atomic E-state index is 0.393. The molecule has 74 valence electrons. The average molecular weight is 181 g/mol. The lowest BCUT2D eigenvalue weighted by Gasteiger charge is -2.30. The molecule has 0 radical (unpaired) electrons. The highest BCUT2D eigenvalue weighted by molar-refractivity contribution is 4.89. The van der Waals surface area contributed by atoms with Crippen LogP contribution in [0, 0.1) is 12.3 Å². The number of hydrogen-bond donors (Lipinski definition) is 1. The molecular formula is C11H19NO. The average Bonchev–Trinajstić information content (AvgIpc) is 2.04. The molecule has 1 rings (SSSR count). The molecule has 0 aliphatic carbocycles. The molecule has 3 atom stereocenters. The van der Waals surface area contributed by atoms with Gasteiger partial charge in [0.25, 0.3) is 0 Å². The van der Waals surface area contributed by atoms with E-state index in [4.69, 9.17) is 11.2 Å². The van der Waals surface area contributed by atoms with Crippen LogP contribution in [0.25, 0.3) is 0 Å². The molecule has 0 aromatic carbocycles. The second-order valence-corrected chi connectivity index (χ2v) is 3.88. The highest BCUT2D eigenvalue weighted by Crippen LogP contribution is 2.13. The van der Waals surface area contributed by atoms with Gasteiger partial charge in [0, 0.05) is 25.1 Å².